The number of ether oxygens (including phenoxy) is 2. The third-order valence-electron chi connectivity index (χ3n) is 14.1. The Morgan fingerprint density at radius 2 is 0.840 bits per heavy atom. The monoisotopic (exact) mass is 1050 g/mol. The van der Waals surface area contributed by atoms with E-state index in [4.69, 9.17) is 9.47 Å². The SMILES string of the molecule is CC/C=C\C/C=C\C/C=C\C/C=C\C/C=C\CCCCCCCCCCCCCC(=O)NC(COC1OC(CO)C(O)C(O)C1O)C(O)/C=C/CC/C=C/CC/C=C/CCCCCCCCCCCCCCCCC. The van der Waals surface area contributed by atoms with Crippen molar-refractivity contribution in [3.8, 4) is 0 Å². The maximum Gasteiger partial charge on any atom is 0.220 e. The number of allylic oxidation sites excluding steroid dienone is 15. The van der Waals surface area contributed by atoms with E-state index in [-0.39, 0.29) is 12.5 Å². The molecule has 0 radical (unpaired) electrons. The van der Waals surface area contributed by atoms with E-state index in [0.717, 1.165) is 89.9 Å². The van der Waals surface area contributed by atoms with Gasteiger partial charge in [-0.2, -0.15) is 0 Å². The van der Waals surface area contributed by atoms with Crippen LogP contribution in [-0.4, -0.2) is 87.5 Å². The highest BCUT2D eigenvalue weighted by molar-refractivity contribution is 5.76. The van der Waals surface area contributed by atoms with E-state index < -0.39 is 49.5 Å². The van der Waals surface area contributed by atoms with Gasteiger partial charge in [-0.15, -0.1) is 0 Å². The fourth-order valence-electron chi connectivity index (χ4n) is 9.28. The van der Waals surface area contributed by atoms with Crippen LogP contribution in [0.3, 0.4) is 0 Å². The number of amides is 1. The summed E-state index contributed by atoms with van der Waals surface area (Å²) in [6, 6.07) is -0.837. The first-order valence-electron chi connectivity index (χ1n) is 31.0. The van der Waals surface area contributed by atoms with Crippen LogP contribution in [0.2, 0.25) is 0 Å². The fraction of sp³-hybridized carbons (Fsp3) is 0.742. The number of hydrogen-bond donors (Lipinski definition) is 6. The Bertz CT molecular complexity index is 1500. The first-order chi connectivity index (χ1) is 36.8. The van der Waals surface area contributed by atoms with Crippen LogP contribution in [0.1, 0.15) is 258 Å². The van der Waals surface area contributed by atoms with Crippen molar-refractivity contribution in [1.82, 2.24) is 5.32 Å². The van der Waals surface area contributed by atoms with E-state index in [1.807, 2.05) is 6.08 Å². The van der Waals surface area contributed by atoms with E-state index in [0.29, 0.717) is 6.42 Å². The van der Waals surface area contributed by atoms with Crippen molar-refractivity contribution in [2.45, 2.75) is 301 Å². The van der Waals surface area contributed by atoms with Gasteiger partial charge in [0, 0.05) is 6.42 Å². The molecule has 0 aromatic carbocycles. The maximum atomic E-state index is 13.1. The molecule has 1 aliphatic rings. The lowest BCUT2D eigenvalue weighted by Crippen LogP contribution is -2.60. The molecule has 0 aromatic rings. The second-order valence-corrected chi connectivity index (χ2v) is 21.1. The van der Waals surface area contributed by atoms with Gasteiger partial charge in [0.2, 0.25) is 5.91 Å². The van der Waals surface area contributed by atoms with Gasteiger partial charge in [-0.1, -0.05) is 259 Å². The highest BCUT2D eigenvalue weighted by atomic mass is 16.7. The predicted octanol–water partition coefficient (Wildman–Crippen LogP) is 16.0. The summed E-state index contributed by atoms with van der Waals surface area (Å²) in [4.78, 5) is 13.1. The summed E-state index contributed by atoms with van der Waals surface area (Å²) in [5.41, 5.74) is 0. The van der Waals surface area contributed by atoms with Crippen LogP contribution in [0, 0.1) is 0 Å². The lowest BCUT2D eigenvalue weighted by Gasteiger charge is -2.40. The average molecular weight is 1050 g/mol. The van der Waals surface area contributed by atoms with Gasteiger partial charge in [0.1, 0.15) is 24.4 Å². The minimum atomic E-state index is -1.58. The first-order valence-corrected chi connectivity index (χ1v) is 31.0. The van der Waals surface area contributed by atoms with Gasteiger partial charge >= 0.3 is 0 Å². The van der Waals surface area contributed by atoms with Crippen molar-refractivity contribution in [1.29, 1.82) is 0 Å². The normalized spacial score (nSPS) is 19.6. The number of nitrogens with one attached hydrogen (secondary N) is 1. The number of hydrogen-bond acceptors (Lipinski definition) is 8. The van der Waals surface area contributed by atoms with Gasteiger partial charge in [-0.25, -0.2) is 0 Å². The van der Waals surface area contributed by atoms with Crippen molar-refractivity contribution in [2.75, 3.05) is 13.2 Å². The molecule has 1 fully saturated rings. The van der Waals surface area contributed by atoms with E-state index in [1.165, 1.54) is 148 Å². The van der Waals surface area contributed by atoms with Crippen LogP contribution >= 0.6 is 0 Å². The molecule has 432 valence electrons. The predicted molar refractivity (Wildman–Crippen MR) is 318 cm³/mol. The summed E-state index contributed by atoms with van der Waals surface area (Å²) in [7, 11) is 0. The number of unbranched alkanes of at least 4 members (excludes halogenated alkanes) is 28. The molecule has 1 rings (SSSR count). The Morgan fingerprint density at radius 3 is 1.28 bits per heavy atom. The molecule has 7 unspecified atom stereocenters. The fourth-order valence-corrected chi connectivity index (χ4v) is 9.28. The van der Waals surface area contributed by atoms with Crippen molar-refractivity contribution in [2.24, 2.45) is 0 Å². The summed E-state index contributed by atoms with van der Waals surface area (Å²) < 4.78 is 11.3. The molecule has 6 N–H and O–H groups in total. The van der Waals surface area contributed by atoms with Gasteiger partial charge in [0.05, 0.1) is 25.4 Å². The van der Waals surface area contributed by atoms with E-state index in [1.54, 1.807) is 6.08 Å². The lowest BCUT2D eigenvalue weighted by molar-refractivity contribution is -0.302. The third-order valence-corrected chi connectivity index (χ3v) is 14.1. The van der Waals surface area contributed by atoms with Crippen molar-refractivity contribution in [3.63, 3.8) is 0 Å². The maximum absolute atomic E-state index is 13.1. The summed E-state index contributed by atoms with van der Waals surface area (Å²) in [5.74, 6) is -0.196. The number of aliphatic hydroxyl groups is 5. The molecule has 0 bridgehead atoms. The van der Waals surface area contributed by atoms with Gasteiger partial charge < -0.3 is 40.3 Å². The third kappa shape index (κ3) is 43.7. The largest absolute Gasteiger partial charge is 0.394 e. The molecular formula is C66H115NO8. The first kappa shape index (κ1) is 70.1. The number of rotatable bonds is 52. The van der Waals surface area contributed by atoms with Gasteiger partial charge in [-0.05, 0) is 89.9 Å². The minimum absolute atomic E-state index is 0.196. The zero-order valence-corrected chi connectivity index (χ0v) is 48.0. The zero-order chi connectivity index (χ0) is 54.3. The molecule has 1 saturated heterocycles. The van der Waals surface area contributed by atoms with Crippen LogP contribution in [-0.2, 0) is 14.3 Å². The van der Waals surface area contributed by atoms with E-state index in [9.17, 15) is 30.3 Å². The second-order valence-electron chi connectivity index (χ2n) is 21.1. The van der Waals surface area contributed by atoms with Crippen LogP contribution in [0.4, 0.5) is 0 Å². The molecule has 9 heteroatoms. The number of carbonyl (C=O) groups is 1. The Morgan fingerprint density at radius 1 is 0.467 bits per heavy atom. The highest BCUT2D eigenvalue weighted by Crippen LogP contribution is 2.23. The Kier molecular flexibility index (Phi) is 50.9. The molecule has 7 atom stereocenters. The molecule has 75 heavy (non-hydrogen) atoms. The van der Waals surface area contributed by atoms with Crippen molar-refractivity contribution < 1.29 is 39.8 Å². The quantitative estimate of drug-likeness (QED) is 0.0261. The van der Waals surface area contributed by atoms with E-state index in [2.05, 4.69) is 104 Å². The molecule has 0 saturated carbocycles. The Balaban J connectivity index is 2.24. The Labute approximate surface area is 460 Å². The number of aliphatic hydroxyl groups excluding tert-OH is 5. The minimum Gasteiger partial charge on any atom is -0.394 e. The standard InChI is InChI=1S/C66H115NO8/c1-3-5-7-9-11-13-15-17-19-21-23-25-27-29-30-32-34-36-38-40-42-44-46-48-50-52-54-56-62(70)67-59(58-74-66-65(73)64(72)63(71)61(57-68)75-66)60(69)55-53-51-49-47-45-43-41-39-37-35-33-31-28-26-24-22-20-18-16-14-12-10-8-6-4-2/h5,7,11,13,17,19,23,25,29-30,37,39,45,47,53,55,59-61,63-66,68-69,71-73H,3-4,6,8-10,12,14-16,18,20-22,24,26-28,31-36,38,40-44,46,48-52,54,56-58H2,1-2H3,(H,67,70)/b7-5-,13-11-,19-17-,25-23-,30-29-,39-37+,47-45+,55-53+. The van der Waals surface area contributed by atoms with Gasteiger partial charge in [0.15, 0.2) is 6.29 Å². The second kappa shape index (κ2) is 54.5. The topological polar surface area (TPSA) is 149 Å². The van der Waals surface area contributed by atoms with Crippen LogP contribution < -0.4 is 5.32 Å². The summed E-state index contributed by atoms with van der Waals surface area (Å²) in [5, 5.41) is 54.6. The van der Waals surface area contributed by atoms with Crippen LogP contribution in [0.5, 0.6) is 0 Å². The van der Waals surface area contributed by atoms with Gasteiger partial charge in [-0.3, -0.25) is 4.79 Å². The highest BCUT2D eigenvalue weighted by Gasteiger charge is 2.44. The molecule has 1 heterocycles. The molecule has 0 spiro atoms. The lowest BCUT2D eigenvalue weighted by atomic mass is 9.99. The van der Waals surface area contributed by atoms with Crippen LogP contribution in [0.25, 0.3) is 0 Å². The number of carbonyl (C=O) groups excluding carboxylic acids is 1. The van der Waals surface area contributed by atoms with Crippen molar-refractivity contribution >= 4 is 5.91 Å². The summed E-state index contributed by atoms with van der Waals surface area (Å²) in [6.07, 6.45) is 71.9. The molecule has 1 amide bonds. The van der Waals surface area contributed by atoms with E-state index >= 15 is 0 Å². The zero-order valence-electron chi connectivity index (χ0n) is 48.0. The molecule has 0 aromatic heterocycles. The summed E-state index contributed by atoms with van der Waals surface area (Å²) in [6.45, 7) is 3.66. The van der Waals surface area contributed by atoms with Gasteiger partial charge in [0.25, 0.3) is 0 Å². The Hall–Kier alpha value is -2.89. The van der Waals surface area contributed by atoms with Crippen LogP contribution in [0.15, 0.2) is 97.2 Å². The molecule has 1 aliphatic heterocycles. The summed E-state index contributed by atoms with van der Waals surface area (Å²) >= 11 is 0. The molecule has 9 nitrogen and oxygen atoms in total. The smallest absolute Gasteiger partial charge is 0.220 e. The molecular weight excluding hydrogens is 935 g/mol. The average Bonchev–Trinajstić information content (AvgIpc) is 3.41. The molecule has 0 aliphatic carbocycles. The van der Waals surface area contributed by atoms with Crippen molar-refractivity contribution in [3.05, 3.63) is 97.2 Å².